The Morgan fingerprint density at radius 3 is 1.85 bits per heavy atom. The van der Waals surface area contributed by atoms with Crippen LogP contribution in [0.25, 0.3) is 99.9 Å². The minimum atomic E-state index is 0.595. The van der Waals surface area contributed by atoms with E-state index in [1.807, 2.05) is 72.8 Å². The van der Waals surface area contributed by atoms with Crippen LogP contribution < -0.4 is 0 Å². The second-order valence-electron chi connectivity index (χ2n) is 12.0. The second-order valence-corrected chi connectivity index (χ2v) is 12.0. The molecule has 5 heteroatoms. The van der Waals surface area contributed by atoms with Gasteiger partial charge in [-0.2, -0.15) is 0 Å². The lowest BCUT2D eigenvalue weighted by Gasteiger charge is -2.11. The number of rotatable bonds is 4. The van der Waals surface area contributed by atoms with Gasteiger partial charge in [-0.05, 0) is 59.0 Å². The minimum absolute atomic E-state index is 0.595. The summed E-state index contributed by atoms with van der Waals surface area (Å²) in [6, 6.07) is 51.6. The van der Waals surface area contributed by atoms with Crippen LogP contribution in [0, 0.1) is 0 Å². The predicted molar refractivity (Wildman–Crippen MR) is 194 cm³/mol. The number of hydrogen-bond acceptors (Lipinski definition) is 5. The van der Waals surface area contributed by atoms with E-state index in [4.69, 9.17) is 23.8 Å². The quantitative estimate of drug-likeness (QED) is 0.197. The van der Waals surface area contributed by atoms with Crippen LogP contribution in [0.3, 0.4) is 0 Å². The van der Waals surface area contributed by atoms with Crippen molar-refractivity contribution in [1.82, 2.24) is 15.0 Å². The van der Waals surface area contributed by atoms with Crippen LogP contribution in [-0.4, -0.2) is 15.0 Å². The highest BCUT2D eigenvalue weighted by Crippen LogP contribution is 2.40. The van der Waals surface area contributed by atoms with Crippen LogP contribution in [0.4, 0.5) is 0 Å². The molecule has 0 aliphatic rings. The maximum atomic E-state index is 6.35. The van der Waals surface area contributed by atoms with Crippen LogP contribution in [0.15, 0.2) is 160 Å². The first kappa shape index (κ1) is 26.6. The zero-order valence-corrected chi connectivity index (χ0v) is 25.6. The van der Waals surface area contributed by atoms with Crippen molar-refractivity contribution >= 4 is 54.6 Å². The highest BCUT2D eigenvalue weighted by atomic mass is 16.3. The van der Waals surface area contributed by atoms with Gasteiger partial charge in [-0.25, -0.2) is 15.0 Å². The van der Waals surface area contributed by atoms with Crippen LogP contribution >= 0.6 is 0 Å². The Kier molecular flexibility index (Phi) is 5.81. The van der Waals surface area contributed by atoms with Crippen molar-refractivity contribution in [3.05, 3.63) is 152 Å². The van der Waals surface area contributed by atoms with E-state index in [1.165, 1.54) is 0 Å². The summed E-state index contributed by atoms with van der Waals surface area (Å²) < 4.78 is 12.6. The lowest BCUT2D eigenvalue weighted by molar-refractivity contribution is 0.669. The van der Waals surface area contributed by atoms with Crippen LogP contribution in [0.2, 0.25) is 0 Å². The van der Waals surface area contributed by atoms with E-state index in [0.717, 1.165) is 82.5 Å². The molecule has 0 saturated carbocycles. The largest absolute Gasteiger partial charge is 0.456 e. The van der Waals surface area contributed by atoms with Crippen molar-refractivity contribution in [3.63, 3.8) is 0 Å². The molecule has 0 bridgehead atoms. The molecule has 224 valence electrons. The fourth-order valence-electron chi connectivity index (χ4n) is 6.85. The molecule has 5 nitrogen and oxygen atoms in total. The SMILES string of the molecule is c1ccc(-c2ccc3c(c2)oc2ccc(-c4nc(-c5ccccc5)nc(-c5cccc6ccc7oc8ccccc8c7c56)n4)cc23)cc1. The van der Waals surface area contributed by atoms with Gasteiger partial charge in [0.2, 0.25) is 0 Å². The normalized spacial score (nSPS) is 11.8. The molecule has 0 aliphatic carbocycles. The number of nitrogens with zero attached hydrogens (tertiary/aromatic N) is 3. The Hall–Kier alpha value is -6.59. The van der Waals surface area contributed by atoms with Crippen LogP contribution in [-0.2, 0) is 0 Å². The summed E-state index contributed by atoms with van der Waals surface area (Å²) in [5, 5.41) is 6.34. The van der Waals surface area contributed by atoms with E-state index in [-0.39, 0.29) is 0 Å². The van der Waals surface area contributed by atoms with Crippen molar-refractivity contribution < 1.29 is 8.83 Å². The summed E-state index contributed by atoms with van der Waals surface area (Å²) in [5.74, 6) is 1.81. The topological polar surface area (TPSA) is 65.0 Å². The molecular formula is C43H25N3O2. The Morgan fingerprint density at radius 2 is 1.00 bits per heavy atom. The molecule has 7 aromatic carbocycles. The molecule has 48 heavy (non-hydrogen) atoms. The number of aromatic nitrogens is 3. The molecule has 3 heterocycles. The predicted octanol–water partition coefficient (Wildman–Crippen LogP) is 11.5. The van der Waals surface area contributed by atoms with Gasteiger partial charge < -0.3 is 8.83 Å². The first-order chi connectivity index (χ1) is 23.8. The Bertz CT molecular complexity index is 2840. The van der Waals surface area contributed by atoms with Gasteiger partial charge in [0.1, 0.15) is 22.3 Å². The lowest BCUT2D eigenvalue weighted by Crippen LogP contribution is -2.00. The molecule has 0 unspecified atom stereocenters. The molecule has 0 N–H and O–H groups in total. The van der Waals surface area contributed by atoms with E-state index >= 15 is 0 Å². The Morgan fingerprint density at radius 1 is 0.333 bits per heavy atom. The molecule has 0 aliphatic heterocycles. The lowest BCUT2D eigenvalue weighted by atomic mass is 9.98. The van der Waals surface area contributed by atoms with E-state index in [0.29, 0.717) is 17.5 Å². The molecule has 0 spiro atoms. The highest BCUT2D eigenvalue weighted by Gasteiger charge is 2.19. The van der Waals surface area contributed by atoms with Crippen molar-refractivity contribution in [2.75, 3.05) is 0 Å². The van der Waals surface area contributed by atoms with Crippen LogP contribution in [0.5, 0.6) is 0 Å². The summed E-state index contributed by atoms with van der Waals surface area (Å²) in [5.41, 5.74) is 8.36. The monoisotopic (exact) mass is 615 g/mol. The summed E-state index contributed by atoms with van der Waals surface area (Å²) in [6.45, 7) is 0. The summed E-state index contributed by atoms with van der Waals surface area (Å²) in [4.78, 5) is 15.3. The van der Waals surface area contributed by atoms with E-state index in [1.54, 1.807) is 0 Å². The molecule has 0 atom stereocenters. The van der Waals surface area contributed by atoms with Gasteiger partial charge >= 0.3 is 0 Å². The first-order valence-electron chi connectivity index (χ1n) is 15.9. The van der Waals surface area contributed by atoms with E-state index in [2.05, 4.69) is 78.9 Å². The summed E-state index contributed by atoms with van der Waals surface area (Å²) in [6.07, 6.45) is 0. The Balaban J connectivity index is 1.19. The standard InChI is InChI=1S/C43H25N3O2/c1-3-10-26(11-4-1)29-18-21-31-34-24-30(20-22-36(34)48-38(31)25-29)42-44-41(28-12-5-2-6-13-28)45-43(46-42)33-16-9-14-27-19-23-37-40(39(27)33)32-15-7-8-17-35(32)47-37/h1-25H. The van der Waals surface area contributed by atoms with Crippen molar-refractivity contribution in [1.29, 1.82) is 0 Å². The van der Waals surface area contributed by atoms with Gasteiger partial charge in [-0.15, -0.1) is 0 Å². The molecule has 0 fully saturated rings. The molecule has 0 saturated heterocycles. The third kappa shape index (κ3) is 4.22. The minimum Gasteiger partial charge on any atom is -0.456 e. The van der Waals surface area contributed by atoms with Gasteiger partial charge in [0.25, 0.3) is 0 Å². The maximum Gasteiger partial charge on any atom is 0.164 e. The zero-order valence-electron chi connectivity index (χ0n) is 25.6. The molecule has 10 aromatic rings. The molecule has 3 aromatic heterocycles. The van der Waals surface area contributed by atoms with Gasteiger partial charge in [-0.3, -0.25) is 0 Å². The molecule has 10 rings (SSSR count). The average Bonchev–Trinajstić information content (AvgIpc) is 3.73. The van der Waals surface area contributed by atoms with Gasteiger partial charge in [0, 0.05) is 43.6 Å². The summed E-state index contributed by atoms with van der Waals surface area (Å²) in [7, 11) is 0. The van der Waals surface area contributed by atoms with Gasteiger partial charge in [0.15, 0.2) is 17.5 Å². The van der Waals surface area contributed by atoms with Crippen LogP contribution in [0.1, 0.15) is 0 Å². The first-order valence-corrected chi connectivity index (χ1v) is 15.9. The fourth-order valence-corrected chi connectivity index (χ4v) is 6.85. The molecule has 0 amide bonds. The van der Waals surface area contributed by atoms with E-state index < -0.39 is 0 Å². The van der Waals surface area contributed by atoms with Crippen molar-refractivity contribution in [3.8, 4) is 45.3 Å². The second kappa shape index (κ2) is 10.5. The Labute approximate surface area is 274 Å². The van der Waals surface area contributed by atoms with Crippen molar-refractivity contribution in [2.45, 2.75) is 0 Å². The average molecular weight is 616 g/mol. The zero-order chi connectivity index (χ0) is 31.6. The van der Waals surface area contributed by atoms with Crippen molar-refractivity contribution in [2.24, 2.45) is 0 Å². The third-order valence-corrected chi connectivity index (χ3v) is 9.13. The highest BCUT2D eigenvalue weighted by molar-refractivity contribution is 6.22. The van der Waals surface area contributed by atoms with Gasteiger partial charge in [-0.1, -0.05) is 109 Å². The van der Waals surface area contributed by atoms with E-state index in [9.17, 15) is 0 Å². The molecular weight excluding hydrogens is 590 g/mol. The summed E-state index contributed by atoms with van der Waals surface area (Å²) >= 11 is 0. The number of benzene rings is 7. The number of hydrogen-bond donors (Lipinski definition) is 0. The maximum absolute atomic E-state index is 6.35. The third-order valence-electron chi connectivity index (χ3n) is 9.13. The smallest absolute Gasteiger partial charge is 0.164 e. The number of furan rings is 2. The molecule has 0 radical (unpaired) electrons. The number of para-hydroxylation sites is 1. The van der Waals surface area contributed by atoms with Gasteiger partial charge in [0.05, 0.1) is 0 Å². The number of fused-ring (bicyclic) bond motifs is 8. The fraction of sp³-hybridized carbons (Fsp3) is 0.